The van der Waals surface area contributed by atoms with Crippen LogP contribution in [-0.2, 0) is 19.4 Å². The molecule has 8 heteroatoms. The molecular weight excluding hydrogens is 324 g/mol. The van der Waals surface area contributed by atoms with Crippen LogP contribution in [0.5, 0.6) is 0 Å². The second kappa shape index (κ2) is 6.60. The van der Waals surface area contributed by atoms with Crippen molar-refractivity contribution in [3.05, 3.63) is 22.7 Å². The number of rotatable bonds is 5. The zero-order valence-corrected chi connectivity index (χ0v) is 13.5. The van der Waals surface area contributed by atoms with Crippen LogP contribution in [0.2, 0.25) is 5.02 Å². The molecule has 0 fully saturated rings. The molecule has 0 aliphatic rings. The summed E-state index contributed by atoms with van der Waals surface area (Å²) in [6.07, 6.45) is 2.68. The molecule has 0 bridgehead atoms. The van der Waals surface area contributed by atoms with E-state index in [9.17, 15) is 18.0 Å². The number of esters is 1. The predicted octanol–water partition coefficient (Wildman–Crippen LogP) is 2.21. The van der Waals surface area contributed by atoms with Gasteiger partial charge in [-0.25, -0.2) is 13.2 Å². The summed E-state index contributed by atoms with van der Waals surface area (Å²) in [5, 5.41) is 0.105. The normalized spacial score (nSPS) is 11.2. The highest BCUT2D eigenvalue weighted by Crippen LogP contribution is 2.33. The highest BCUT2D eigenvalue weighted by Gasteiger charge is 2.23. The fourth-order valence-corrected chi connectivity index (χ4v) is 4.00. The summed E-state index contributed by atoms with van der Waals surface area (Å²) >= 11 is 7.13. The zero-order chi connectivity index (χ0) is 15.5. The Bertz CT molecular complexity index is 652. The smallest absolute Gasteiger partial charge is 0.379 e. The number of ether oxygens (including phenoxy) is 1. The van der Waals surface area contributed by atoms with Crippen LogP contribution < -0.4 is 0 Å². The fourth-order valence-electron chi connectivity index (χ4n) is 1.49. The van der Waals surface area contributed by atoms with Gasteiger partial charge in [-0.15, -0.1) is 11.8 Å². The monoisotopic (exact) mass is 336 g/mol. The van der Waals surface area contributed by atoms with Crippen molar-refractivity contribution in [1.29, 1.82) is 0 Å². The first-order chi connectivity index (χ1) is 9.22. The molecule has 1 rings (SSSR count). The van der Waals surface area contributed by atoms with Crippen molar-refractivity contribution in [3.63, 3.8) is 0 Å². The van der Waals surface area contributed by atoms with Gasteiger partial charge in [0.25, 0.3) is 5.78 Å². The maximum absolute atomic E-state index is 11.8. The average molecular weight is 337 g/mol. The Morgan fingerprint density at radius 3 is 2.40 bits per heavy atom. The van der Waals surface area contributed by atoms with E-state index in [0.717, 1.165) is 24.1 Å². The van der Waals surface area contributed by atoms with E-state index in [0.29, 0.717) is 4.90 Å². The number of sulfone groups is 1. The van der Waals surface area contributed by atoms with E-state index >= 15 is 0 Å². The lowest BCUT2D eigenvalue weighted by Gasteiger charge is -2.10. The van der Waals surface area contributed by atoms with Gasteiger partial charge in [0.2, 0.25) is 0 Å². The molecule has 5 nitrogen and oxygen atoms in total. The maximum atomic E-state index is 11.8. The number of benzene rings is 1. The molecule has 20 heavy (non-hydrogen) atoms. The number of carbonyl (C=O) groups is 2. The fraction of sp³-hybridized carbons (Fsp3) is 0.333. The van der Waals surface area contributed by atoms with Gasteiger partial charge in [-0.2, -0.15) is 0 Å². The van der Waals surface area contributed by atoms with Gasteiger partial charge in [0.15, 0.2) is 9.84 Å². The summed E-state index contributed by atoms with van der Waals surface area (Å²) in [7, 11) is -3.57. The number of halogens is 1. The van der Waals surface area contributed by atoms with Crippen molar-refractivity contribution >= 4 is 45.0 Å². The third kappa shape index (κ3) is 3.74. The van der Waals surface area contributed by atoms with Gasteiger partial charge in [-0.3, -0.25) is 4.79 Å². The lowest BCUT2D eigenvalue weighted by atomic mass is 10.1. The minimum absolute atomic E-state index is 0.0557. The highest BCUT2D eigenvalue weighted by atomic mass is 35.5. The van der Waals surface area contributed by atoms with E-state index in [2.05, 4.69) is 4.74 Å². The molecule has 1 aromatic rings. The maximum Gasteiger partial charge on any atom is 0.379 e. The number of hydrogen-bond donors (Lipinski definition) is 0. The van der Waals surface area contributed by atoms with Crippen molar-refractivity contribution < 1.29 is 22.7 Å². The van der Waals surface area contributed by atoms with E-state index < -0.39 is 21.6 Å². The van der Waals surface area contributed by atoms with Crippen molar-refractivity contribution in [2.75, 3.05) is 19.1 Å². The summed E-state index contributed by atoms with van der Waals surface area (Å²) in [5.74, 6) is -1.97. The van der Waals surface area contributed by atoms with Crippen LogP contribution in [0.1, 0.15) is 17.3 Å². The largest absolute Gasteiger partial charge is 0.460 e. The number of Topliss-reactive ketones (excluding diaryl/α,β-unsaturated/α-hetero) is 1. The third-order valence-corrected chi connectivity index (χ3v) is 4.84. The first kappa shape index (κ1) is 17.0. The topological polar surface area (TPSA) is 77.5 Å². The summed E-state index contributed by atoms with van der Waals surface area (Å²) < 4.78 is 28.1. The molecule has 0 aliphatic carbocycles. The average Bonchev–Trinajstić information content (AvgIpc) is 2.36. The molecule has 0 radical (unpaired) electrons. The van der Waals surface area contributed by atoms with E-state index in [-0.39, 0.29) is 22.1 Å². The van der Waals surface area contributed by atoms with Gasteiger partial charge in [-0.1, -0.05) is 11.6 Å². The summed E-state index contributed by atoms with van der Waals surface area (Å²) in [5.41, 5.74) is -0.105. The first-order valence-corrected chi connectivity index (χ1v) is 9.00. The Labute approximate surface area is 126 Å². The number of hydrogen-bond acceptors (Lipinski definition) is 6. The Morgan fingerprint density at radius 1 is 1.35 bits per heavy atom. The molecule has 1 aromatic carbocycles. The number of ketones is 1. The Hall–Kier alpha value is -1.05. The molecule has 0 spiro atoms. The minimum atomic E-state index is -3.57. The molecular formula is C12H13ClO5S2. The second-order valence-corrected chi connectivity index (χ2v) is 7.02. The molecule has 0 heterocycles. The van der Waals surface area contributed by atoms with Gasteiger partial charge in [-0.05, 0) is 25.3 Å². The van der Waals surface area contributed by atoms with Gasteiger partial charge in [0.1, 0.15) is 0 Å². The molecule has 0 N–H and O–H groups in total. The lowest BCUT2D eigenvalue weighted by molar-refractivity contribution is -0.137. The molecule has 0 atom stereocenters. The zero-order valence-electron chi connectivity index (χ0n) is 11.1. The van der Waals surface area contributed by atoms with Crippen LogP contribution in [0.4, 0.5) is 0 Å². The standard InChI is InChI=1S/C12H13ClO5S2/c1-4-18-12(15)10(14)7-5-8(13)11(19-2)9(6-7)20(3,16)17/h5-6H,4H2,1-3H3. The van der Waals surface area contributed by atoms with Crippen LogP contribution in [0.3, 0.4) is 0 Å². The lowest BCUT2D eigenvalue weighted by Crippen LogP contribution is -2.18. The second-order valence-electron chi connectivity index (χ2n) is 3.81. The summed E-state index contributed by atoms with van der Waals surface area (Å²) in [6.45, 7) is 1.62. The first-order valence-electron chi connectivity index (χ1n) is 5.51. The Kier molecular flexibility index (Phi) is 5.61. The molecule has 0 aromatic heterocycles. The highest BCUT2D eigenvalue weighted by molar-refractivity contribution is 7.99. The molecule has 110 valence electrons. The predicted molar refractivity (Wildman–Crippen MR) is 77.3 cm³/mol. The third-order valence-electron chi connectivity index (χ3n) is 2.34. The van der Waals surface area contributed by atoms with Crippen molar-refractivity contribution in [3.8, 4) is 0 Å². The number of thioether (sulfide) groups is 1. The van der Waals surface area contributed by atoms with E-state index in [1.54, 1.807) is 13.2 Å². The molecule has 0 saturated heterocycles. The SMILES string of the molecule is CCOC(=O)C(=O)c1cc(Cl)c(SC)c(S(C)(=O)=O)c1. The molecule has 0 saturated carbocycles. The van der Waals surface area contributed by atoms with E-state index in [4.69, 9.17) is 11.6 Å². The Morgan fingerprint density at radius 2 is 1.95 bits per heavy atom. The van der Waals surface area contributed by atoms with Gasteiger partial charge < -0.3 is 4.74 Å². The van der Waals surface area contributed by atoms with Crippen molar-refractivity contribution in [2.24, 2.45) is 0 Å². The van der Waals surface area contributed by atoms with Crippen LogP contribution in [0.25, 0.3) is 0 Å². The molecule has 0 amide bonds. The van der Waals surface area contributed by atoms with E-state index in [1.807, 2.05) is 0 Å². The van der Waals surface area contributed by atoms with Crippen molar-refractivity contribution in [2.45, 2.75) is 16.7 Å². The van der Waals surface area contributed by atoms with Crippen LogP contribution in [0.15, 0.2) is 21.9 Å². The van der Waals surface area contributed by atoms with Gasteiger partial charge in [0.05, 0.1) is 16.5 Å². The summed E-state index contributed by atoms with van der Waals surface area (Å²) in [4.78, 5) is 23.5. The molecule has 0 aliphatic heterocycles. The molecule has 0 unspecified atom stereocenters. The van der Waals surface area contributed by atoms with E-state index in [1.165, 1.54) is 6.07 Å². The minimum Gasteiger partial charge on any atom is -0.460 e. The quantitative estimate of drug-likeness (QED) is 0.355. The van der Waals surface area contributed by atoms with Crippen molar-refractivity contribution in [1.82, 2.24) is 0 Å². The Balaban J connectivity index is 3.43. The van der Waals surface area contributed by atoms with Crippen LogP contribution in [0, 0.1) is 0 Å². The van der Waals surface area contributed by atoms with Gasteiger partial charge in [0, 0.05) is 16.7 Å². The summed E-state index contributed by atoms with van der Waals surface area (Å²) in [6, 6.07) is 2.41. The van der Waals surface area contributed by atoms with Crippen LogP contribution >= 0.6 is 23.4 Å². The van der Waals surface area contributed by atoms with Gasteiger partial charge >= 0.3 is 5.97 Å². The van der Waals surface area contributed by atoms with Crippen LogP contribution in [-0.4, -0.2) is 39.3 Å². The number of carbonyl (C=O) groups excluding carboxylic acids is 2.